The highest BCUT2D eigenvalue weighted by molar-refractivity contribution is 7.17. The minimum absolute atomic E-state index is 0.357. The smallest absolute Gasteiger partial charge is 0.349 e. The van der Waals surface area contributed by atoms with Gasteiger partial charge in [0.2, 0.25) is 0 Å². The molecule has 0 amide bonds. The van der Waals surface area contributed by atoms with Crippen LogP contribution in [0.2, 0.25) is 0 Å². The van der Waals surface area contributed by atoms with Crippen LogP contribution in [0.25, 0.3) is 0 Å². The van der Waals surface area contributed by atoms with Gasteiger partial charge in [-0.2, -0.15) is 0 Å². The summed E-state index contributed by atoms with van der Waals surface area (Å²) in [4.78, 5) is 20.1. The zero-order chi connectivity index (χ0) is 13.0. The van der Waals surface area contributed by atoms with E-state index in [2.05, 4.69) is 20.0 Å². The van der Waals surface area contributed by atoms with Gasteiger partial charge in [-0.05, 0) is 0 Å². The first kappa shape index (κ1) is 12.6. The summed E-state index contributed by atoms with van der Waals surface area (Å²) < 4.78 is 6.59. The van der Waals surface area contributed by atoms with Crippen LogP contribution >= 0.6 is 11.3 Å². The van der Waals surface area contributed by atoms with E-state index in [0.29, 0.717) is 10.0 Å². The maximum atomic E-state index is 11.2. The third kappa shape index (κ3) is 2.86. The highest BCUT2D eigenvalue weighted by atomic mass is 32.1. The van der Waals surface area contributed by atoms with Gasteiger partial charge < -0.3 is 14.6 Å². The molecule has 0 aromatic carbocycles. The van der Waals surface area contributed by atoms with E-state index in [9.17, 15) is 4.79 Å². The molecular weight excluding hydrogens is 252 g/mol. The zero-order valence-electron chi connectivity index (χ0n) is 10.2. The van der Waals surface area contributed by atoms with Crippen LogP contribution in [-0.4, -0.2) is 34.2 Å². The fourth-order valence-electron chi connectivity index (χ4n) is 1.47. The van der Waals surface area contributed by atoms with Crippen molar-refractivity contribution >= 4 is 22.4 Å². The average Bonchev–Trinajstić information content (AvgIpc) is 2.99. The highest BCUT2D eigenvalue weighted by Gasteiger charge is 2.10. The van der Waals surface area contributed by atoms with Gasteiger partial charge in [-0.3, -0.25) is 0 Å². The number of rotatable bonds is 5. The van der Waals surface area contributed by atoms with Crippen molar-refractivity contribution in [3.63, 3.8) is 0 Å². The topological polar surface area (TPSA) is 69.0 Å². The molecule has 0 saturated heterocycles. The average molecular weight is 266 g/mol. The highest BCUT2D eigenvalue weighted by Crippen LogP contribution is 2.18. The first-order valence-electron chi connectivity index (χ1n) is 5.45. The second-order valence-electron chi connectivity index (χ2n) is 3.65. The molecule has 2 aromatic heterocycles. The molecule has 18 heavy (non-hydrogen) atoms. The zero-order valence-corrected chi connectivity index (χ0v) is 11.0. The number of carbonyl (C=O) groups is 1. The van der Waals surface area contributed by atoms with E-state index in [-0.39, 0.29) is 5.97 Å². The summed E-state index contributed by atoms with van der Waals surface area (Å²) in [5, 5.41) is 3.87. The normalized spacial score (nSPS) is 10.3. The largest absolute Gasteiger partial charge is 0.465 e. The van der Waals surface area contributed by atoms with Crippen molar-refractivity contribution in [2.45, 2.75) is 6.42 Å². The molecule has 1 N–H and O–H groups in total. The molecule has 7 heteroatoms. The molecule has 0 aliphatic carbocycles. The lowest BCUT2D eigenvalue weighted by Crippen LogP contribution is -2.08. The summed E-state index contributed by atoms with van der Waals surface area (Å²) >= 11 is 1.28. The third-order valence-corrected chi connectivity index (χ3v) is 3.37. The SMILES string of the molecule is COC(=O)c1cnc(NCCc2nccn2C)s1. The van der Waals surface area contributed by atoms with Gasteiger partial charge in [0, 0.05) is 32.4 Å². The molecule has 0 unspecified atom stereocenters. The molecule has 0 fully saturated rings. The van der Waals surface area contributed by atoms with Gasteiger partial charge in [0.15, 0.2) is 5.13 Å². The van der Waals surface area contributed by atoms with Crippen LogP contribution in [0.15, 0.2) is 18.6 Å². The van der Waals surface area contributed by atoms with Crippen molar-refractivity contribution in [1.82, 2.24) is 14.5 Å². The predicted molar refractivity (Wildman–Crippen MR) is 68.9 cm³/mol. The molecule has 0 spiro atoms. The Balaban J connectivity index is 1.85. The third-order valence-electron chi connectivity index (χ3n) is 2.44. The second kappa shape index (κ2) is 5.63. The van der Waals surface area contributed by atoms with Crippen molar-refractivity contribution < 1.29 is 9.53 Å². The summed E-state index contributed by atoms with van der Waals surface area (Å²) in [6, 6.07) is 0. The first-order chi connectivity index (χ1) is 8.70. The monoisotopic (exact) mass is 266 g/mol. The molecule has 0 atom stereocenters. The number of esters is 1. The van der Waals surface area contributed by atoms with E-state index in [1.165, 1.54) is 24.6 Å². The lowest BCUT2D eigenvalue weighted by Gasteiger charge is -2.02. The fraction of sp³-hybridized carbons (Fsp3) is 0.364. The van der Waals surface area contributed by atoms with Crippen LogP contribution in [0.1, 0.15) is 15.5 Å². The van der Waals surface area contributed by atoms with Crippen molar-refractivity contribution in [3.05, 3.63) is 29.3 Å². The maximum absolute atomic E-state index is 11.2. The molecule has 2 heterocycles. The molecule has 6 nitrogen and oxygen atoms in total. The van der Waals surface area contributed by atoms with Crippen LogP contribution in [-0.2, 0) is 18.2 Å². The number of aryl methyl sites for hydroxylation is 1. The number of nitrogens with zero attached hydrogens (tertiary/aromatic N) is 3. The molecule has 0 bridgehead atoms. The quantitative estimate of drug-likeness (QED) is 0.827. The summed E-state index contributed by atoms with van der Waals surface area (Å²) in [5.41, 5.74) is 0. The molecule has 0 aliphatic heterocycles. The van der Waals surface area contributed by atoms with E-state index >= 15 is 0 Å². The minimum atomic E-state index is -0.357. The Hall–Kier alpha value is -1.89. The number of hydrogen-bond acceptors (Lipinski definition) is 6. The molecule has 96 valence electrons. The molecule has 2 aromatic rings. The summed E-state index contributed by atoms with van der Waals surface area (Å²) in [5.74, 6) is 0.650. The van der Waals surface area contributed by atoms with Crippen LogP contribution in [0.3, 0.4) is 0 Å². The number of methoxy groups -OCH3 is 1. The second-order valence-corrected chi connectivity index (χ2v) is 4.68. The number of carbonyl (C=O) groups excluding carboxylic acids is 1. The Kier molecular flexibility index (Phi) is 3.93. The van der Waals surface area contributed by atoms with Crippen LogP contribution in [0, 0.1) is 0 Å². The van der Waals surface area contributed by atoms with Gasteiger partial charge in [0.1, 0.15) is 10.7 Å². The van der Waals surface area contributed by atoms with E-state index in [4.69, 9.17) is 0 Å². The minimum Gasteiger partial charge on any atom is -0.465 e. The van der Waals surface area contributed by atoms with Crippen molar-refractivity contribution in [1.29, 1.82) is 0 Å². The van der Waals surface area contributed by atoms with Crippen molar-refractivity contribution in [2.75, 3.05) is 19.0 Å². The Morgan fingerprint density at radius 1 is 1.56 bits per heavy atom. The number of imidazole rings is 1. The van der Waals surface area contributed by atoms with Gasteiger partial charge in [-0.25, -0.2) is 14.8 Å². The molecule has 0 radical (unpaired) electrons. The molecular formula is C11H14N4O2S. The van der Waals surface area contributed by atoms with Gasteiger partial charge >= 0.3 is 5.97 Å². The van der Waals surface area contributed by atoms with Crippen LogP contribution in [0.5, 0.6) is 0 Å². The Bertz CT molecular complexity index is 535. The lowest BCUT2D eigenvalue weighted by molar-refractivity contribution is 0.0606. The number of thiazole rings is 1. The Morgan fingerprint density at radius 3 is 3.06 bits per heavy atom. The Labute approximate surface area is 109 Å². The maximum Gasteiger partial charge on any atom is 0.349 e. The standard InChI is InChI=1S/C11H14N4O2S/c1-15-6-5-12-9(15)3-4-13-11-14-7-8(18-11)10(16)17-2/h5-7H,3-4H2,1-2H3,(H,13,14). The van der Waals surface area contributed by atoms with Crippen molar-refractivity contribution in [3.8, 4) is 0 Å². The number of anilines is 1. The fourth-order valence-corrected chi connectivity index (χ4v) is 2.23. The molecule has 0 aliphatic rings. The Morgan fingerprint density at radius 2 is 2.39 bits per heavy atom. The van der Waals surface area contributed by atoms with E-state index < -0.39 is 0 Å². The molecule has 0 saturated carbocycles. The van der Waals surface area contributed by atoms with Crippen molar-refractivity contribution in [2.24, 2.45) is 7.05 Å². The number of aromatic nitrogens is 3. The number of nitrogens with one attached hydrogen (secondary N) is 1. The van der Waals surface area contributed by atoms with Gasteiger partial charge in [0.05, 0.1) is 13.3 Å². The van der Waals surface area contributed by atoms with Crippen LogP contribution in [0.4, 0.5) is 5.13 Å². The summed E-state index contributed by atoms with van der Waals surface area (Å²) in [7, 11) is 3.32. The first-order valence-corrected chi connectivity index (χ1v) is 6.26. The number of ether oxygens (including phenoxy) is 1. The van der Waals surface area contributed by atoms with Gasteiger partial charge in [-0.1, -0.05) is 11.3 Å². The summed E-state index contributed by atoms with van der Waals surface area (Å²) in [6.45, 7) is 0.721. The molecule has 2 rings (SSSR count). The van der Waals surface area contributed by atoms with Gasteiger partial charge in [-0.15, -0.1) is 0 Å². The van der Waals surface area contributed by atoms with E-state index in [0.717, 1.165) is 18.8 Å². The van der Waals surface area contributed by atoms with Crippen LogP contribution < -0.4 is 5.32 Å². The predicted octanol–water partition coefficient (Wildman–Crippen LogP) is 1.32. The lowest BCUT2D eigenvalue weighted by atomic mass is 10.4. The van der Waals surface area contributed by atoms with E-state index in [1.54, 1.807) is 6.20 Å². The summed E-state index contributed by atoms with van der Waals surface area (Å²) in [6.07, 6.45) is 6.00. The van der Waals surface area contributed by atoms with E-state index in [1.807, 2.05) is 17.8 Å². The van der Waals surface area contributed by atoms with Gasteiger partial charge in [0.25, 0.3) is 0 Å². The number of hydrogen-bond donors (Lipinski definition) is 1.